The highest BCUT2D eigenvalue weighted by Crippen LogP contribution is 2.25. The molecule has 1 amide bonds. The highest BCUT2D eigenvalue weighted by atomic mass is 16.5. The number of nitrogens with zero attached hydrogens (tertiary/aromatic N) is 3. The predicted molar refractivity (Wildman–Crippen MR) is 108 cm³/mol. The monoisotopic (exact) mass is 394 g/mol. The van der Waals surface area contributed by atoms with Crippen molar-refractivity contribution >= 4 is 5.91 Å². The van der Waals surface area contributed by atoms with Gasteiger partial charge in [0.25, 0.3) is 0 Å². The Morgan fingerprint density at radius 1 is 1.21 bits per heavy atom. The van der Waals surface area contributed by atoms with Gasteiger partial charge in [-0.05, 0) is 45.0 Å². The van der Waals surface area contributed by atoms with E-state index < -0.39 is 0 Å². The molecule has 29 heavy (non-hydrogen) atoms. The van der Waals surface area contributed by atoms with E-state index in [9.17, 15) is 4.79 Å². The van der Waals surface area contributed by atoms with Crippen LogP contribution in [-0.2, 0) is 11.2 Å². The SMILES string of the molecule is Cc1ccc(-c2noc(CCC(=O)NC[C@H](c3ccco3)N3CCCC3)n2)cc1. The number of aromatic nitrogens is 2. The fourth-order valence-electron chi connectivity index (χ4n) is 3.64. The third kappa shape index (κ3) is 4.92. The normalized spacial score (nSPS) is 15.5. The number of likely N-dealkylation sites (tertiary alicyclic amines) is 1. The molecule has 4 rings (SSSR count). The zero-order chi connectivity index (χ0) is 20.1. The number of hydrogen-bond acceptors (Lipinski definition) is 6. The number of rotatable bonds is 8. The molecule has 1 N–H and O–H groups in total. The first-order chi connectivity index (χ1) is 14.2. The van der Waals surface area contributed by atoms with Gasteiger partial charge in [-0.2, -0.15) is 4.98 Å². The molecule has 0 bridgehead atoms. The van der Waals surface area contributed by atoms with E-state index in [1.165, 1.54) is 18.4 Å². The van der Waals surface area contributed by atoms with Crippen molar-refractivity contribution in [1.82, 2.24) is 20.4 Å². The van der Waals surface area contributed by atoms with Crippen LogP contribution in [0.2, 0.25) is 0 Å². The summed E-state index contributed by atoms with van der Waals surface area (Å²) >= 11 is 0. The highest BCUT2D eigenvalue weighted by Gasteiger charge is 2.26. The average Bonchev–Trinajstić information content (AvgIpc) is 3.50. The van der Waals surface area contributed by atoms with Crippen LogP contribution < -0.4 is 5.32 Å². The van der Waals surface area contributed by atoms with Crippen molar-refractivity contribution in [1.29, 1.82) is 0 Å². The molecule has 7 nitrogen and oxygen atoms in total. The second-order valence-corrected chi connectivity index (χ2v) is 7.46. The van der Waals surface area contributed by atoms with Gasteiger partial charge in [-0.1, -0.05) is 35.0 Å². The lowest BCUT2D eigenvalue weighted by molar-refractivity contribution is -0.121. The van der Waals surface area contributed by atoms with Crippen LogP contribution >= 0.6 is 0 Å². The molecule has 0 unspecified atom stereocenters. The Bertz CT molecular complexity index is 912. The van der Waals surface area contributed by atoms with Gasteiger partial charge in [0.05, 0.1) is 12.3 Å². The van der Waals surface area contributed by atoms with Crippen molar-refractivity contribution in [2.24, 2.45) is 0 Å². The summed E-state index contributed by atoms with van der Waals surface area (Å²) in [5.74, 6) is 1.88. The zero-order valence-corrected chi connectivity index (χ0v) is 16.6. The van der Waals surface area contributed by atoms with Crippen LogP contribution in [0.4, 0.5) is 0 Å². The van der Waals surface area contributed by atoms with Crippen molar-refractivity contribution < 1.29 is 13.7 Å². The van der Waals surface area contributed by atoms with Gasteiger partial charge in [0, 0.05) is 24.9 Å². The van der Waals surface area contributed by atoms with E-state index in [4.69, 9.17) is 8.94 Å². The van der Waals surface area contributed by atoms with E-state index in [1.54, 1.807) is 6.26 Å². The standard InChI is InChI=1S/C22H26N4O3/c1-16-6-8-17(9-7-16)22-24-21(29-25-22)11-10-20(27)23-15-18(19-5-4-14-28-19)26-12-2-3-13-26/h4-9,14,18H,2-3,10-13,15H2,1H3,(H,23,27)/t18-/m1/s1. The molecule has 0 saturated carbocycles. The highest BCUT2D eigenvalue weighted by molar-refractivity contribution is 5.76. The van der Waals surface area contributed by atoms with Crippen molar-refractivity contribution in [3.63, 3.8) is 0 Å². The second-order valence-electron chi connectivity index (χ2n) is 7.46. The Morgan fingerprint density at radius 3 is 2.72 bits per heavy atom. The molecule has 1 aliphatic heterocycles. The van der Waals surface area contributed by atoms with Gasteiger partial charge in [0.2, 0.25) is 17.6 Å². The number of hydrogen-bond donors (Lipinski definition) is 1. The Balaban J connectivity index is 1.29. The van der Waals surface area contributed by atoms with Crippen molar-refractivity contribution in [3.05, 3.63) is 59.9 Å². The molecule has 1 atom stereocenters. The van der Waals surface area contributed by atoms with Gasteiger partial charge in [0.1, 0.15) is 5.76 Å². The number of carbonyl (C=O) groups excluding carboxylic acids is 1. The third-order valence-electron chi connectivity index (χ3n) is 5.29. The molecule has 1 aliphatic rings. The van der Waals surface area contributed by atoms with Crippen molar-refractivity contribution in [2.45, 2.75) is 38.6 Å². The summed E-state index contributed by atoms with van der Waals surface area (Å²) in [6.07, 6.45) is 4.78. The van der Waals surface area contributed by atoms with E-state index in [0.29, 0.717) is 31.1 Å². The van der Waals surface area contributed by atoms with Gasteiger partial charge in [-0.25, -0.2) is 0 Å². The van der Waals surface area contributed by atoms with Gasteiger partial charge in [0.15, 0.2) is 0 Å². The quantitative estimate of drug-likeness (QED) is 0.629. The molecule has 1 saturated heterocycles. The maximum absolute atomic E-state index is 12.4. The third-order valence-corrected chi connectivity index (χ3v) is 5.29. The van der Waals surface area contributed by atoms with Crippen LogP contribution in [0.5, 0.6) is 0 Å². The maximum atomic E-state index is 12.4. The molecule has 3 aromatic rings. The van der Waals surface area contributed by atoms with Crippen LogP contribution in [0.25, 0.3) is 11.4 Å². The molecule has 1 fully saturated rings. The van der Waals surface area contributed by atoms with Gasteiger partial charge >= 0.3 is 0 Å². The molecule has 1 aromatic carbocycles. The van der Waals surface area contributed by atoms with E-state index in [0.717, 1.165) is 24.4 Å². The molecule has 0 radical (unpaired) electrons. The summed E-state index contributed by atoms with van der Waals surface area (Å²) in [6.45, 7) is 4.63. The number of furan rings is 1. The number of carbonyl (C=O) groups is 1. The first-order valence-electron chi connectivity index (χ1n) is 10.1. The molecular formula is C22H26N4O3. The van der Waals surface area contributed by atoms with Crippen molar-refractivity contribution in [3.8, 4) is 11.4 Å². The molecule has 3 heterocycles. The Labute approximate surface area is 170 Å². The minimum Gasteiger partial charge on any atom is -0.468 e. The van der Waals surface area contributed by atoms with Gasteiger partial charge < -0.3 is 14.3 Å². The van der Waals surface area contributed by atoms with E-state index in [-0.39, 0.29) is 11.9 Å². The van der Waals surface area contributed by atoms with Gasteiger partial charge in [-0.3, -0.25) is 9.69 Å². The maximum Gasteiger partial charge on any atom is 0.227 e. The second kappa shape index (κ2) is 9.05. The average molecular weight is 394 g/mol. The topological polar surface area (TPSA) is 84.4 Å². The molecule has 0 spiro atoms. The number of benzene rings is 1. The molecular weight excluding hydrogens is 368 g/mol. The summed E-state index contributed by atoms with van der Waals surface area (Å²) in [7, 11) is 0. The summed E-state index contributed by atoms with van der Waals surface area (Å²) in [5.41, 5.74) is 2.08. The summed E-state index contributed by atoms with van der Waals surface area (Å²) in [6, 6.07) is 11.9. The minimum atomic E-state index is -0.0316. The fraction of sp³-hybridized carbons (Fsp3) is 0.409. The smallest absolute Gasteiger partial charge is 0.227 e. The molecule has 7 heteroatoms. The van der Waals surface area contributed by atoms with Crippen LogP contribution in [0.15, 0.2) is 51.6 Å². The van der Waals surface area contributed by atoms with E-state index in [2.05, 4.69) is 20.4 Å². The van der Waals surface area contributed by atoms with Crippen LogP contribution in [0.1, 0.15) is 42.5 Å². The summed E-state index contributed by atoms with van der Waals surface area (Å²) < 4.78 is 10.9. The lowest BCUT2D eigenvalue weighted by Crippen LogP contribution is -2.36. The number of nitrogens with one attached hydrogen (secondary N) is 1. The zero-order valence-electron chi connectivity index (χ0n) is 16.6. The largest absolute Gasteiger partial charge is 0.468 e. The number of amides is 1. The van der Waals surface area contributed by atoms with Crippen LogP contribution in [0.3, 0.4) is 0 Å². The Morgan fingerprint density at radius 2 is 2.00 bits per heavy atom. The first kappa shape index (κ1) is 19.4. The predicted octanol–water partition coefficient (Wildman–Crippen LogP) is 3.52. The molecule has 152 valence electrons. The van der Waals surface area contributed by atoms with Crippen LogP contribution in [-0.4, -0.2) is 40.6 Å². The lowest BCUT2D eigenvalue weighted by atomic mass is 10.1. The molecule has 0 aliphatic carbocycles. The first-order valence-corrected chi connectivity index (χ1v) is 10.1. The lowest BCUT2D eigenvalue weighted by Gasteiger charge is -2.25. The summed E-state index contributed by atoms with van der Waals surface area (Å²) in [5, 5.41) is 7.05. The molecule has 2 aromatic heterocycles. The van der Waals surface area contributed by atoms with Crippen molar-refractivity contribution in [2.75, 3.05) is 19.6 Å². The fourth-order valence-corrected chi connectivity index (χ4v) is 3.64. The summed E-state index contributed by atoms with van der Waals surface area (Å²) in [4.78, 5) is 19.1. The van der Waals surface area contributed by atoms with Crippen LogP contribution in [0, 0.1) is 6.92 Å². The number of aryl methyl sites for hydroxylation is 2. The minimum absolute atomic E-state index is 0.0316. The Hall–Kier alpha value is -2.93. The van der Waals surface area contributed by atoms with E-state index >= 15 is 0 Å². The Kier molecular flexibility index (Phi) is 6.05. The van der Waals surface area contributed by atoms with E-state index in [1.807, 2.05) is 43.3 Å². The van der Waals surface area contributed by atoms with Gasteiger partial charge in [-0.15, -0.1) is 0 Å².